The van der Waals surface area contributed by atoms with Crippen LogP contribution in [0.3, 0.4) is 0 Å². The average molecular weight is 202 g/mol. The number of aliphatic hydroxyl groups excluding tert-OH is 1. The Bertz CT molecular complexity index is 185. The molecule has 0 spiro atoms. The fraction of sp³-hybridized carbons (Fsp3) is 0.900. The molecule has 4 heteroatoms. The minimum absolute atomic E-state index is 0.0361. The van der Waals surface area contributed by atoms with Crippen LogP contribution in [0.25, 0.3) is 0 Å². The summed E-state index contributed by atoms with van der Waals surface area (Å²) in [6, 6.07) is -0.537. The summed E-state index contributed by atoms with van der Waals surface area (Å²) in [5.74, 6) is -0.168. The van der Waals surface area contributed by atoms with Crippen LogP contribution in [0, 0.1) is 5.41 Å². The summed E-state index contributed by atoms with van der Waals surface area (Å²) < 4.78 is 0. The van der Waals surface area contributed by atoms with Gasteiger partial charge >= 0.3 is 0 Å². The Balaban J connectivity index is 4.31. The van der Waals surface area contributed by atoms with Gasteiger partial charge in [0.25, 0.3) is 0 Å². The van der Waals surface area contributed by atoms with Gasteiger partial charge in [-0.15, -0.1) is 0 Å². The molecule has 84 valence electrons. The predicted molar refractivity (Wildman–Crippen MR) is 56.7 cm³/mol. The molecule has 0 saturated carbocycles. The van der Waals surface area contributed by atoms with Crippen LogP contribution in [0.1, 0.15) is 34.1 Å². The van der Waals surface area contributed by atoms with Crippen molar-refractivity contribution >= 4 is 5.91 Å². The highest BCUT2D eigenvalue weighted by molar-refractivity contribution is 5.81. The van der Waals surface area contributed by atoms with E-state index in [-0.39, 0.29) is 24.0 Å². The van der Waals surface area contributed by atoms with Gasteiger partial charge in [-0.3, -0.25) is 4.79 Å². The molecule has 0 aromatic rings. The van der Waals surface area contributed by atoms with Gasteiger partial charge in [-0.25, -0.2) is 0 Å². The van der Waals surface area contributed by atoms with Gasteiger partial charge in [0.2, 0.25) is 5.91 Å². The molecule has 0 radical (unpaired) electrons. The van der Waals surface area contributed by atoms with Crippen molar-refractivity contribution in [3.05, 3.63) is 0 Å². The normalized spacial score (nSPS) is 16.1. The van der Waals surface area contributed by atoms with E-state index in [2.05, 4.69) is 5.32 Å². The Hall–Kier alpha value is -0.610. The fourth-order valence-electron chi connectivity index (χ4n) is 1.15. The van der Waals surface area contributed by atoms with E-state index in [0.717, 1.165) is 0 Å². The number of rotatable bonds is 4. The maximum atomic E-state index is 11.4. The first-order chi connectivity index (χ1) is 6.29. The second-order valence-corrected chi connectivity index (χ2v) is 4.73. The van der Waals surface area contributed by atoms with E-state index < -0.39 is 6.04 Å². The number of nitrogens with two attached hydrogens (primary N) is 1. The zero-order valence-electron chi connectivity index (χ0n) is 9.50. The van der Waals surface area contributed by atoms with Crippen molar-refractivity contribution in [3.8, 4) is 0 Å². The van der Waals surface area contributed by atoms with Crippen molar-refractivity contribution in [3.63, 3.8) is 0 Å². The van der Waals surface area contributed by atoms with Crippen molar-refractivity contribution in [2.24, 2.45) is 11.1 Å². The summed E-state index contributed by atoms with van der Waals surface area (Å²) in [5.41, 5.74) is 5.39. The van der Waals surface area contributed by atoms with Gasteiger partial charge < -0.3 is 16.2 Å². The number of hydrogen-bond acceptors (Lipinski definition) is 3. The number of carbonyl (C=O) groups excluding carboxylic acids is 1. The second-order valence-electron chi connectivity index (χ2n) is 4.73. The Morgan fingerprint density at radius 3 is 2.29 bits per heavy atom. The summed E-state index contributed by atoms with van der Waals surface area (Å²) >= 11 is 0. The summed E-state index contributed by atoms with van der Waals surface area (Å²) in [5, 5.41) is 11.7. The number of aliphatic hydroxyl groups is 1. The van der Waals surface area contributed by atoms with Crippen molar-refractivity contribution in [2.45, 2.75) is 46.2 Å². The first-order valence-corrected chi connectivity index (χ1v) is 4.96. The minimum Gasteiger partial charge on any atom is -0.396 e. The molecule has 1 amide bonds. The number of nitrogens with one attached hydrogen (secondary N) is 1. The average Bonchev–Trinajstić information content (AvgIpc) is 2.01. The monoisotopic (exact) mass is 202 g/mol. The van der Waals surface area contributed by atoms with E-state index in [0.29, 0.717) is 6.42 Å². The molecule has 0 aromatic heterocycles. The van der Waals surface area contributed by atoms with Crippen molar-refractivity contribution < 1.29 is 9.90 Å². The maximum Gasteiger partial charge on any atom is 0.236 e. The Labute approximate surface area is 85.9 Å². The molecule has 0 bridgehead atoms. The molecule has 0 rings (SSSR count). The summed E-state index contributed by atoms with van der Waals surface area (Å²) in [7, 11) is 0. The van der Waals surface area contributed by atoms with Gasteiger partial charge in [-0.1, -0.05) is 20.8 Å². The molecule has 0 saturated heterocycles. The number of hydrogen-bond donors (Lipinski definition) is 3. The lowest BCUT2D eigenvalue weighted by molar-refractivity contribution is -0.123. The highest BCUT2D eigenvalue weighted by Crippen LogP contribution is 2.21. The predicted octanol–water partition coefficient (Wildman–Crippen LogP) is 0.247. The smallest absolute Gasteiger partial charge is 0.236 e. The molecule has 0 fully saturated rings. The first kappa shape index (κ1) is 13.4. The van der Waals surface area contributed by atoms with E-state index in [9.17, 15) is 4.79 Å². The van der Waals surface area contributed by atoms with Gasteiger partial charge in [0.15, 0.2) is 0 Å². The molecule has 1 unspecified atom stereocenters. The van der Waals surface area contributed by atoms with Gasteiger partial charge in [0.05, 0.1) is 6.04 Å². The van der Waals surface area contributed by atoms with E-state index in [1.807, 2.05) is 20.8 Å². The lowest BCUT2D eigenvalue weighted by Crippen LogP contribution is -2.49. The molecule has 0 aromatic carbocycles. The quantitative estimate of drug-likeness (QED) is 0.611. The van der Waals surface area contributed by atoms with Crippen molar-refractivity contribution in [1.82, 2.24) is 5.32 Å². The van der Waals surface area contributed by atoms with E-state index >= 15 is 0 Å². The molecule has 0 aliphatic carbocycles. The Kier molecular flexibility index (Phi) is 5.08. The van der Waals surface area contributed by atoms with Gasteiger partial charge in [0, 0.05) is 12.6 Å². The third-order valence-corrected chi connectivity index (χ3v) is 2.19. The van der Waals surface area contributed by atoms with Crippen molar-refractivity contribution in [1.29, 1.82) is 0 Å². The maximum absolute atomic E-state index is 11.4. The molecular formula is C10H22N2O2. The summed E-state index contributed by atoms with van der Waals surface area (Å²) in [6.45, 7) is 7.79. The first-order valence-electron chi connectivity index (χ1n) is 4.96. The van der Waals surface area contributed by atoms with Crippen LogP contribution >= 0.6 is 0 Å². The highest BCUT2D eigenvalue weighted by Gasteiger charge is 2.26. The highest BCUT2D eigenvalue weighted by atomic mass is 16.3. The minimum atomic E-state index is -0.501. The molecule has 0 aliphatic rings. The summed E-state index contributed by atoms with van der Waals surface area (Å²) in [4.78, 5) is 11.4. The second kappa shape index (κ2) is 5.32. The zero-order valence-corrected chi connectivity index (χ0v) is 9.50. The van der Waals surface area contributed by atoms with E-state index in [4.69, 9.17) is 10.8 Å². The van der Waals surface area contributed by atoms with E-state index in [1.165, 1.54) is 0 Å². The lowest BCUT2D eigenvalue weighted by Gasteiger charge is -2.31. The fourth-order valence-corrected chi connectivity index (χ4v) is 1.15. The van der Waals surface area contributed by atoms with Crippen LogP contribution in [0.5, 0.6) is 0 Å². The van der Waals surface area contributed by atoms with Crippen LogP contribution in [0.4, 0.5) is 0 Å². The van der Waals surface area contributed by atoms with Crippen molar-refractivity contribution in [2.75, 3.05) is 6.61 Å². The largest absolute Gasteiger partial charge is 0.396 e. The van der Waals surface area contributed by atoms with Crippen LogP contribution in [-0.2, 0) is 4.79 Å². The van der Waals surface area contributed by atoms with Gasteiger partial charge in [-0.05, 0) is 18.8 Å². The van der Waals surface area contributed by atoms with Crippen LogP contribution in [0.2, 0.25) is 0 Å². The van der Waals surface area contributed by atoms with E-state index in [1.54, 1.807) is 6.92 Å². The Morgan fingerprint density at radius 1 is 1.50 bits per heavy atom. The van der Waals surface area contributed by atoms with Crippen LogP contribution < -0.4 is 11.1 Å². The van der Waals surface area contributed by atoms with Crippen LogP contribution in [0.15, 0.2) is 0 Å². The molecule has 14 heavy (non-hydrogen) atoms. The van der Waals surface area contributed by atoms with Crippen LogP contribution in [-0.4, -0.2) is 29.7 Å². The topological polar surface area (TPSA) is 75.4 Å². The van der Waals surface area contributed by atoms with Gasteiger partial charge in [-0.2, -0.15) is 0 Å². The lowest BCUT2D eigenvalue weighted by atomic mass is 9.85. The molecule has 2 atom stereocenters. The number of amides is 1. The SMILES string of the molecule is C[C@@H](N)C(=O)NC(CCO)C(C)(C)C. The Morgan fingerprint density at radius 2 is 2.00 bits per heavy atom. The molecule has 4 nitrogen and oxygen atoms in total. The molecular weight excluding hydrogens is 180 g/mol. The zero-order chi connectivity index (χ0) is 11.4. The third kappa shape index (κ3) is 4.58. The number of carbonyl (C=O) groups is 1. The molecule has 4 N–H and O–H groups in total. The molecule has 0 heterocycles. The third-order valence-electron chi connectivity index (χ3n) is 2.19. The molecule has 0 aliphatic heterocycles. The standard InChI is InChI=1S/C10H22N2O2/c1-7(11)9(14)12-8(5-6-13)10(2,3)4/h7-8,13H,5-6,11H2,1-4H3,(H,12,14)/t7-,8?/m1/s1. The summed E-state index contributed by atoms with van der Waals surface area (Å²) in [6.07, 6.45) is 0.558. The van der Waals surface area contributed by atoms with Gasteiger partial charge in [0.1, 0.15) is 0 Å².